The molecule has 2 aliphatic rings. The van der Waals surface area contributed by atoms with Crippen LogP contribution < -0.4 is 4.90 Å². The summed E-state index contributed by atoms with van der Waals surface area (Å²) in [6, 6.07) is 8.41. The minimum absolute atomic E-state index is 0.0625. The predicted octanol–water partition coefficient (Wildman–Crippen LogP) is 3.58. The highest BCUT2D eigenvalue weighted by atomic mass is 16.2. The summed E-state index contributed by atoms with van der Waals surface area (Å²) in [5, 5.41) is 0. The van der Waals surface area contributed by atoms with Crippen molar-refractivity contribution in [3.05, 3.63) is 47.8 Å². The molecule has 0 radical (unpaired) electrons. The third-order valence-electron chi connectivity index (χ3n) is 5.13. The van der Waals surface area contributed by atoms with Crippen molar-refractivity contribution in [2.45, 2.75) is 38.5 Å². The minimum Gasteiger partial charge on any atom is -0.339 e. The van der Waals surface area contributed by atoms with Gasteiger partial charge in [0.15, 0.2) is 0 Å². The summed E-state index contributed by atoms with van der Waals surface area (Å²) < 4.78 is 0. The molecule has 2 aromatic rings. The first kappa shape index (κ1) is 16.1. The van der Waals surface area contributed by atoms with Crippen LogP contribution in [0.4, 0.5) is 11.6 Å². The molecule has 2 aliphatic heterocycles. The Bertz CT molecular complexity index is 736. The van der Waals surface area contributed by atoms with E-state index in [-0.39, 0.29) is 5.91 Å². The van der Waals surface area contributed by atoms with E-state index < -0.39 is 0 Å². The number of anilines is 2. The number of carbonyl (C=O) groups is 1. The number of amides is 1. The standard InChI is InChI=1S/C20H24N4O/c25-19(23-11-5-1-2-6-12-23)17-14-21-20(22-15-17)24-13-7-9-16-8-3-4-10-18(16)24/h3-4,8,10,14-15H,1-2,5-7,9,11-13H2. The molecule has 5 heteroatoms. The van der Waals surface area contributed by atoms with Gasteiger partial charge in [-0.05, 0) is 37.3 Å². The molecule has 5 nitrogen and oxygen atoms in total. The molecular weight excluding hydrogens is 312 g/mol. The van der Waals surface area contributed by atoms with Gasteiger partial charge in [-0.2, -0.15) is 0 Å². The number of rotatable bonds is 2. The molecule has 1 amide bonds. The van der Waals surface area contributed by atoms with Crippen LogP contribution >= 0.6 is 0 Å². The third-order valence-corrected chi connectivity index (χ3v) is 5.13. The van der Waals surface area contributed by atoms with Crippen LogP contribution in [0.5, 0.6) is 0 Å². The lowest BCUT2D eigenvalue weighted by Crippen LogP contribution is -2.32. The summed E-state index contributed by atoms with van der Waals surface area (Å²) in [5.41, 5.74) is 3.11. The van der Waals surface area contributed by atoms with E-state index >= 15 is 0 Å². The van der Waals surface area contributed by atoms with Crippen molar-refractivity contribution in [3.63, 3.8) is 0 Å². The average Bonchev–Trinajstić information content (AvgIpc) is 2.97. The van der Waals surface area contributed by atoms with Gasteiger partial charge in [0.1, 0.15) is 0 Å². The summed E-state index contributed by atoms with van der Waals surface area (Å²) in [7, 11) is 0. The SMILES string of the molecule is O=C(c1cnc(N2CCCc3ccccc32)nc1)N1CCCCCC1. The van der Waals surface area contributed by atoms with Crippen LogP contribution in [-0.4, -0.2) is 40.4 Å². The molecule has 3 heterocycles. The second-order valence-electron chi connectivity index (χ2n) is 6.86. The number of hydrogen-bond donors (Lipinski definition) is 0. The summed E-state index contributed by atoms with van der Waals surface area (Å²) in [6.07, 6.45) is 10.2. The number of aromatic nitrogens is 2. The van der Waals surface area contributed by atoms with E-state index in [1.807, 2.05) is 11.0 Å². The highest BCUT2D eigenvalue weighted by molar-refractivity contribution is 5.93. The van der Waals surface area contributed by atoms with Crippen molar-refractivity contribution in [1.29, 1.82) is 0 Å². The molecule has 4 rings (SSSR count). The van der Waals surface area contributed by atoms with Gasteiger partial charge in [-0.1, -0.05) is 31.0 Å². The molecule has 1 aromatic heterocycles. The maximum absolute atomic E-state index is 12.7. The zero-order valence-electron chi connectivity index (χ0n) is 14.5. The lowest BCUT2D eigenvalue weighted by molar-refractivity contribution is 0.0761. The van der Waals surface area contributed by atoms with E-state index in [9.17, 15) is 4.79 Å². The number of para-hydroxylation sites is 1. The number of aryl methyl sites for hydroxylation is 1. The molecule has 0 saturated carbocycles. The normalized spacial score (nSPS) is 17.8. The quantitative estimate of drug-likeness (QED) is 0.841. The summed E-state index contributed by atoms with van der Waals surface area (Å²) in [5.74, 6) is 0.743. The Hall–Kier alpha value is -2.43. The highest BCUT2D eigenvalue weighted by Gasteiger charge is 2.21. The Morgan fingerprint density at radius 1 is 0.880 bits per heavy atom. The van der Waals surface area contributed by atoms with Gasteiger partial charge in [-0.3, -0.25) is 4.79 Å². The van der Waals surface area contributed by atoms with Gasteiger partial charge in [0.05, 0.1) is 5.56 Å². The zero-order valence-corrected chi connectivity index (χ0v) is 14.5. The zero-order chi connectivity index (χ0) is 17.1. The van der Waals surface area contributed by atoms with Crippen molar-refractivity contribution in [2.24, 2.45) is 0 Å². The molecule has 0 spiro atoms. The second-order valence-corrected chi connectivity index (χ2v) is 6.86. The summed E-state index contributed by atoms with van der Waals surface area (Å²) in [4.78, 5) is 25.8. The lowest BCUT2D eigenvalue weighted by Gasteiger charge is -2.29. The Kier molecular flexibility index (Phi) is 4.63. The Balaban J connectivity index is 1.54. The van der Waals surface area contributed by atoms with Crippen molar-refractivity contribution in [3.8, 4) is 0 Å². The maximum Gasteiger partial charge on any atom is 0.256 e. The second kappa shape index (κ2) is 7.21. The number of likely N-dealkylation sites (tertiary alicyclic amines) is 1. The number of carbonyl (C=O) groups excluding carboxylic acids is 1. The number of benzene rings is 1. The van der Waals surface area contributed by atoms with Crippen molar-refractivity contribution < 1.29 is 4.79 Å². The van der Waals surface area contributed by atoms with Crippen LogP contribution in [0.15, 0.2) is 36.7 Å². The van der Waals surface area contributed by atoms with Crippen molar-refractivity contribution >= 4 is 17.5 Å². The number of nitrogens with zero attached hydrogens (tertiary/aromatic N) is 4. The minimum atomic E-state index is 0.0625. The maximum atomic E-state index is 12.7. The van der Waals surface area contributed by atoms with Gasteiger partial charge < -0.3 is 9.80 Å². The molecule has 1 saturated heterocycles. The predicted molar refractivity (Wildman–Crippen MR) is 98.2 cm³/mol. The van der Waals surface area contributed by atoms with E-state index in [0.717, 1.165) is 45.3 Å². The van der Waals surface area contributed by atoms with Crippen molar-refractivity contribution in [2.75, 3.05) is 24.5 Å². The van der Waals surface area contributed by atoms with Crippen LogP contribution in [0.3, 0.4) is 0 Å². The molecule has 25 heavy (non-hydrogen) atoms. The first-order valence-electron chi connectivity index (χ1n) is 9.30. The Morgan fingerprint density at radius 2 is 1.60 bits per heavy atom. The first-order chi connectivity index (χ1) is 12.3. The third kappa shape index (κ3) is 3.36. The molecule has 1 fully saturated rings. The van der Waals surface area contributed by atoms with Crippen LogP contribution in [0.25, 0.3) is 0 Å². The van der Waals surface area contributed by atoms with Crippen LogP contribution in [-0.2, 0) is 6.42 Å². The van der Waals surface area contributed by atoms with Crippen LogP contribution in [0, 0.1) is 0 Å². The van der Waals surface area contributed by atoms with Gasteiger partial charge in [-0.15, -0.1) is 0 Å². The summed E-state index contributed by atoms with van der Waals surface area (Å²) in [6.45, 7) is 2.61. The summed E-state index contributed by atoms with van der Waals surface area (Å²) >= 11 is 0. The van der Waals surface area contributed by atoms with E-state index in [2.05, 4.69) is 33.1 Å². The van der Waals surface area contributed by atoms with E-state index in [4.69, 9.17) is 0 Å². The molecule has 130 valence electrons. The van der Waals surface area contributed by atoms with E-state index in [1.54, 1.807) is 12.4 Å². The molecular formula is C20H24N4O. The van der Waals surface area contributed by atoms with Gasteiger partial charge in [0.2, 0.25) is 5.95 Å². The molecule has 0 aliphatic carbocycles. The Morgan fingerprint density at radius 3 is 2.36 bits per heavy atom. The topological polar surface area (TPSA) is 49.3 Å². The van der Waals surface area contributed by atoms with E-state index in [0.29, 0.717) is 11.5 Å². The lowest BCUT2D eigenvalue weighted by atomic mass is 10.0. The fourth-order valence-electron chi connectivity index (χ4n) is 3.77. The van der Waals surface area contributed by atoms with Crippen LogP contribution in [0.2, 0.25) is 0 Å². The molecule has 0 atom stereocenters. The van der Waals surface area contributed by atoms with Crippen LogP contribution in [0.1, 0.15) is 48.0 Å². The highest BCUT2D eigenvalue weighted by Crippen LogP contribution is 2.31. The molecule has 0 unspecified atom stereocenters. The molecule has 0 N–H and O–H groups in total. The first-order valence-corrected chi connectivity index (χ1v) is 9.30. The number of fused-ring (bicyclic) bond motifs is 1. The fraction of sp³-hybridized carbons (Fsp3) is 0.450. The molecule has 1 aromatic carbocycles. The fourth-order valence-corrected chi connectivity index (χ4v) is 3.77. The van der Waals surface area contributed by atoms with Gasteiger partial charge in [-0.25, -0.2) is 9.97 Å². The number of hydrogen-bond acceptors (Lipinski definition) is 4. The Labute approximate surface area is 148 Å². The average molecular weight is 336 g/mol. The molecule has 0 bridgehead atoms. The monoisotopic (exact) mass is 336 g/mol. The largest absolute Gasteiger partial charge is 0.339 e. The van der Waals surface area contributed by atoms with E-state index in [1.165, 1.54) is 24.1 Å². The smallest absolute Gasteiger partial charge is 0.256 e. The van der Waals surface area contributed by atoms with Gasteiger partial charge >= 0.3 is 0 Å². The van der Waals surface area contributed by atoms with Crippen molar-refractivity contribution in [1.82, 2.24) is 14.9 Å². The van der Waals surface area contributed by atoms with Gasteiger partial charge in [0.25, 0.3) is 5.91 Å². The van der Waals surface area contributed by atoms with Gasteiger partial charge in [0, 0.05) is 37.7 Å².